The lowest BCUT2D eigenvalue weighted by atomic mass is 9.99. The zero-order valence-electron chi connectivity index (χ0n) is 12.2. The molecule has 1 aromatic heterocycles. The average Bonchev–Trinajstić information content (AvgIpc) is 2.35. The minimum absolute atomic E-state index is 0.0933. The Morgan fingerprint density at radius 2 is 1.79 bits per heavy atom. The van der Waals surface area contributed by atoms with E-state index in [0.717, 1.165) is 19.3 Å². The highest BCUT2D eigenvalue weighted by molar-refractivity contribution is 5.36. The third kappa shape index (κ3) is 5.25. The summed E-state index contributed by atoms with van der Waals surface area (Å²) < 4.78 is 5.42. The molecule has 0 unspecified atom stereocenters. The maximum atomic E-state index is 5.42. The van der Waals surface area contributed by atoms with Gasteiger partial charge < -0.3 is 10.1 Å². The minimum Gasteiger partial charge on any atom is -0.463 e. The monoisotopic (exact) mass is 268 g/mol. The van der Waals surface area contributed by atoms with E-state index < -0.39 is 0 Å². The number of nitrogens with one attached hydrogen (secondary N) is 2. The Morgan fingerprint density at radius 1 is 1.11 bits per heavy atom. The van der Waals surface area contributed by atoms with Crippen LogP contribution in [0, 0.1) is 0 Å². The zero-order chi connectivity index (χ0) is 14.3. The van der Waals surface area contributed by atoms with Crippen LogP contribution in [-0.2, 0) is 0 Å². The largest absolute Gasteiger partial charge is 0.463 e. The standard InChI is InChI=1S/C12H24N6O/c1-5-7-12(3,4)17-9-14-10(18-13)16-11(15-9)19-8-6-2/h5-8,13H2,1-4H3,(H2,14,15,16,17,18). The zero-order valence-corrected chi connectivity index (χ0v) is 12.2. The Kier molecular flexibility index (Phi) is 5.75. The highest BCUT2D eigenvalue weighted by Crippen LogP contribution is 2.19. The van der Waals surface area contributed by atoms with Crippen LogP contribution in [0.3, 0.4) is 0 Å². The molecule has 0 aliphatic carbocycles. The van der Waals surface area contributed by atoms with Crippen molar-refractivity contribution < 1.29 is 4.74 Å². The second-order valence-corrected chi connectivity index (χ2v) is 5.02. The molecule has 7 heteroatoms. The lowest BCUT2D eigenvalue weighted by molar-refractivity contribution is 0.292. The molecule has 19 heavy (non-hydrogen) atoms. The van der Waals surface area contributed by atoms with Crippen LogP contribution >= 0.6 is 0 Å². The molecule has 108 valence electrons. The fourth-order valence-electron chi connectivity index (χ4n) is 1.73. The molecule has 0 aromatic carbocycles. The van der Waals surface area contributed by atoms with E-state index in [2.05, 4.69) is 46.5 Å². The number of hydrogen-bond acceptors (Lipinski definition) is 7. The maximum absolute atomic E-state index is 5.42. The number of aromatic nitrogens is 3. The van der Waals surface area contributed by atoms with Gasteiger partial charge in [-0.05, 0) is 26.7 Å². The van der Waals surface area contributed by atoms with Crippen LogP contribution in [0.4, 0.5) is 11.9 Å². The fraction of sp³-hybridized carbons (Fsp3) is 0.750. The summed E-state index contributed by atoms with van der Waals surface area (Å²) in [6, 6.07) is 0.277. The van der Waals surface area contributed by atoms with Gasteiger partial charge in [0.15, 0.2) is 0 Å². The van der Waals surface area contributed by atoms with E-state index in [1.54, 1.807) is 0 Å². The topological polar surface area (TPSA) is 98.0 Å². The van der Waals surface area contributed by atoms with Gasteiger partial charge in [0.2, 0.25) is 11.9 Å². The third-order valence-corrected chi connectivity index (χ3v) is 2.50. The highest BCUT2D eigenvalue weighted by atomic mass is 16.5. The molecule has 0 bridgehead atoms. The van der Waals surface area contributed by atoms with Gasteiger partial charge in [-0.3, -0.25) is 5.43 Å². The number of hydrazine groups is 1. The molecule has 0 saturated heterocycles. The second kappa shape index (κ2) is 7.08. The summed E-state index contributed by atoms with van der Waals surface area (Å²) >= 11 is 0. The van der Waals surface area contributed by atoms with Crippen molar-refractivity contribution in [1.82, 2.24) is 15.0 Å². The molecule has 4 N–H and O–H groups in total. The van der Waals surface area contributed by atoms with Crippen molar-refractivity contribution in [2.75, 3.05) is 17.3 Å². The first-order valence-corrected chi connectivity index (χ1v) is 6.64. The Bertz CT molecular complexity index is 396. The van der Waals surface area contributed by atoms with Gasteiger partial charge in [0, 0.05) is 5.54 Å². The lowest BCUT2D eigenvalue weighted by Crippen LogP contribution is -2.32. The molecule has 0 saturated carbocycles. The third-order valence-electron chi connectivity index (χ3n) is 2.50. The van der Waals surface area contributed by atoms with E-state index in [1.807, 2.05) is 6.92 Å². The average molecular weight is 268 g/mol. The summed E-state index contributed by atoms with van der Waals surface area (Å²) in [6.07, 6.45) is 2.97. The van der Waals surface area contributed by atoms with Crippen molar-refractivity contribution in [2.24, 2.45) is 5.84 Å². The van der Waals surface area contributed by atoms with Crippen LogP contribution in [0.1, 0.15) is 47.0 Å². The van der Waals surface area contributed by atoms with Gasteiger partial charge in [-0.15, -0.1) is 0 Å². The summed E-state index contributed by atoms with van der Waals surface area (Å²) in [4.78, 5) is 12.5. The van der Waals surface area contributed by atoms with Crippen LogP contribution in [0.2, 0.25) is 0 Å². The highest BCUT2D eigenvalue weighted by Gasteiger charge is 2.18. The lowest BCUT2D eigenvalue weighted by Gasteiger charge is -2.25. The fourth-order valence-corrected chi connectivity index (χ4v) is 1.73. The summed E-state index contributed by atoms with van der Waals surface area (Å²) in [7, 11) is 0. The van der Waals surface area contributed by atoms with Crippen molar-refractivity contribution in [3.05, 3.63) is 0 Å². The van der Waals surface area contributed by atoms with Crippen molar-refractivity contribution in [3.8, 4) is 6.01 Å². The van der Waals surface area contributed by atoms with E-state index in [9.17, 15) is 0 Å². The first-order chi connectivity index (χ1) is 9.00. The van der Waals surface area contributed by atoms with E-state index in [-0.39, 0.29) is 17.5 Å². The van der Waals surface area contributed by atoms with Crippen LogP contribution in [-0.4, -0.2) is 27.1 Å². The van der Waals surface area contributed by atoms with Gasteiger partial charge >= 0.3 is 6.01 Å². The van der Waals surface area contributed by atoms with Crippen molar-refractivity contribution in [2.45, 2.75) is 52.5 Å². The molecule has 1 rings (SSSR count). The van der Waals surface area contributed by atoms with Crippen LogP contribution in [0.25, 0.3) is 0 Å². The SMILES string of the molecule is CCCOc1nc(NN)nc(NC(C)(C)CCC)n1. The van der Waals surface area contributed by atoms with Gasteiger partial charge in [-0.25, -0.2) is 5.84 Å². The van der Waals surface area contributed by atoms with Gasteiger partial charge in [0.25, 0.3) is 0 Å². The predicted molar refractivity (Wildman–Crippen MR) is 76.0 cm³/mol. The van der Waals surface area contributed by atoms with Gasteiger partial charge in [0.05, 0.1) is 6.61 Å². The van der Waals surface area contributed by atoms with Crippen molar-refractivity contribution in [1.29, 1.82) is 0 Å². The summed E-state index contributed by atoms with van der Waals surface area (Å²) in [5.41, 5.74) is 2.33. The Morgan fingerprint density at radius 3 is 2.37 bits per heavy atom. The maximum Gasteiger partial charge on any atom is 0.323 e. The molecular weight excluding hydrogens is 244 g/mol. The minimum atomic E-state index is -0.0933. The molecule has 1 heterocycles. The molecule has 0 spiro atoms. The van der Waals surface area contributed by atoms with Gasteiger partial charge in [-0.1, -0.05) is 20.3 Å². The molecule has 7 nitrogen and oxygen atoms in total. The van der Waals surface area contributed by atoms with E-state index >= 15 is 0 Å². The van der Waals surface area contributed by atoms with Crippen LogP contribution < -0.4 is 21.3 Å². The molecule has 0 atom stereocenters. The Labute approximate surface area is 114 Å². The van der Waals surface area contributed by atoms with Gasteiger partial charge in [-0.2, -0.15) is 15.0 Å². The molecule has 0 amide bonds. The van der Waals surface area contributed by atoms with E-state index in [4.69, 9.17) is 10.6 Å². The molecular formula is C12H24N6O. The number of nitrogens with zero attached hydrogens (tertiary/aromatic N) is 3. The van der Waals surface area contributed by atoms with Crippen LogP contribution in [0.15, 0.2) is 0 Å². The quantitative estimate of drug-likeness (QED) is 0.489. The molecule has 0 radical (unpaired) electrons. The molecule has 0 aliphatic rings. The normalized spacial score (nSPS) is 11.2. The number of anilines is 2. The smallest absolute Gasteiger partial charge is 0.323 e. The van der Waals surface area contributed by atoms with Gasteiger partial charge in [0.1, 0.15) is 0 Å². The number of ether oxygens (including phenoxy) is 1. The van der Waals surface area contributed by atoms with E-state index in [1.165, 1.54) is 0 Å². The van der Waals surface area contributed by atoms with Crippen molar-refractivity contribution in [3.63, 3.8) is 0 Å². The summed E-state index contributed by atoms with van der Waals surface area (Å²) in [6.45, 7) is 8.92. The Hall–Kier alpha value is -1.63. The number of rotatable bonds is 8. The second-order valence-electron chi connectivity index (χ2n) is 5.02. The van der Waals surface area contributed by atoms with E-state index in [0.29, 0.717) is 12.6 Å². The number of nitrogens with two attached hydrogens (primary N) is 1. The molecule has 1 aromatic rings. The Balaban J connectivity index is 2.87. The molecule has 0 fully saturated rings. The summed E-state index contributed by atoms with van der Waals surface area (Å²) in [5.74, 6) is 6.11. The number of nitrogen functional groups attached to an aromatic ring is 1. The number of hydrogen-bond donors (Lipinski definition) is 3. The first-order valence-electron chi connectivity index (χ1n) is 6.64. The van der Waals surface area contributed by atoms with Crippen LogP contribution in [0.5, 0.6) is 6.01 Å². The predicted octanol–water partition coefficient (Wildman–Crippen LogP) is 1.94. The summed E-state index contributed by atoms with van der Waals surface area (Å²) in [5, 5.41) is 3.27. The van der Waals surface area contributed by atoms with Crippen molar-refractivity contribution >= 4 is 11.9 Å². The molecule has 0 aliphatic heterocycles. The first kappa shape index (κ1) is 15.4.